The van der Waals surface area contributed by atoms with Crippen LogP contribution in [0.3, 0.4) is 0 Å². The van der Waals surface area contributed by atoms with Gasteiger partial charge in [-0.3, -0.25) is 0 Å². The van der Waals surface area contributed by atoms with Crippen molar-refractivity contribution < 1.29 is 27.1 Å². The van der Waals surface area contributed by atoms with E-state index in [0.717, 1.165) is 0 Å². The Balaban J connectivity index is 6.29. The summed E-state index contributed by atoms with van der Waals surface area (Å²) < 4.78 is 42.5. The van der Waals surface area contributed by atoms with Gasteiger partial charge in [0.15, 0.2) is 0 Å². The zero-order valence-corrected chi connectivity index (χ0v) is 27.1. The minimum atomic E-state index is -3.02. The van der Waals surface area contributed by atoms with Crippen LogP contribution < -0.4 is 4.86 Å². The molecule has 35 heavy (non-hydrogen) atoms. The first kappa shape index (κ1) is 35.8. The van der Waals surface area contributed by atoms with Crippen molar-refractivity contribution in [1.82, 2.24) is 4.86 Å². The molecule has 0 aliphatic carbocycles. The van der Waals surface area contributed by atoms with Gasteiger partial charge in [-0.1, -0.05) is 83.1 Å². The van der Waals surface area contributed by atoms with Gasteiger partial charge in [-0.15, -0.1) is 0 Å². The summed E-state index contributed by atoms with van der Waals surface area (Å²) in [6.45, 7) is 28.5. The van der Waals surface area contributed by atoms with Gasteiger partial charge in [0.2, 0.25) is 0 Å². The molecule has 0 amide bonds. The van der Waals surface area contributed by atoms with Gasteiger partial charge in [-0.2, -0.15) is 9.37 Å². The molecule has 0 aliphatic rings. The van der Waals surface area contributed by atoms with E-state index < -0.39 is 24.7 Å². The monoisotopic (exact) mass is 560 g/mol. The Morgan fingerprint density at radius 3 is 1.14 bits per heavy atom. The molecular weight excluding hydrogens is 505 g/mol. The van der Waals surface area contributed by atoms with Crippen LogP contribution in [0.15, 0.2) is 4.52 Å². The fourth-order valence-electron chi connectivity index (χ4n) is 1.91. The number of nitrogens with one attached hydrogen (secondary N) is 1. The first-order valence-electron chi connectivity index (χ1n) is 13.1. The molecule has 0 atom stereocenters. The van der Waals surface area contributed by atoms with Crippen molar-refractivity contribution in [2.45, 2.75) is 83.1 Å². The summed E-state index contributed by atoms with van der Waals surface area (Å²) in [4.78, 5) is 3.47. The molecule has 0 aromatic heterocycles. The number of rotatable bonds is 21. The quantitative estimate of drug-likeness (QED) is 0.140. The Labute approximate surface area is 219 Å². The van der Waals surface area contributed by atoms with Crippen LogP contribution in [0.4, 0.5) is 0 Å². The first-order valence-corrected chi connectivity index (χ1v) is 16.9. The molecule has 0 bridgehead atoms. The van der Waals surface area contributed by atoms with Crippen molar-refractivity contribution in [3.05, 3.63) is 0 Å². The van der Waals surface area contributed by atoms with Gasteiger partial charge >= 0.3 is 16.2 Å². The maximum atomic E-state index is 6.45. The van der Waals surface area contributed by atoms with Crippen LogP contribution in [-0.2, 0) is 27.1 Å². The number of nitrogens with zero attached hydrogens (tertiary/aromatic N) is 1. The average molecular weight is 561 g/mol. The highest BCUT2D eigenvalue weighted by Crippen LogP contribution is 2.63. The molecule has 0 fully saturated rings. The van der Waals surface area contributed by atoms with Crippen LogP contribution in [0, 0.1) is 35.5 Å². The molecule has 0 saturated carbocycles. The van der Waals surface area contributed by atoms with Gasteiger partial charge in [-0.05, 0) is 35.5 Å². The summed E-state index contributed by atoms with van der Waals surface area (Å²) in [6.07, 6.45) is 0. The average Bonchev–Trinajstić information content (AvgIpc) is 2.74. The van der Waals surface area contributed by atoms with Crippen LogP contribution in [0.1, 0.15) is 83.1 Å². The molecular formula is C24H55N2O6P3. The Morgan fingerprint density at radius 1 is 0.514 bits per heavy atom. The topological polar surface area (TPSA) is 79.8 Å². The summed E-state index contributed by atoms with van der Waals surface area (Å²) >= 11 is 0. The predicted octanol–water partition coefficient (Wildman–Crippen LogP) is 9.01. The Bertz CT molecular complexity index is 537. The fraction of sp³-hybridized carbons (Fsp3) is 1.00. The van der Waals surface area contributed by atoms with Gasteiger partial charge in [0.25, 0.3) is 8.53 Å². The van der Waals surface area contributed by atoms with Crippen molar-refractivity contribution >= 4 is 24.7 Å². The Hall–Kier alpha value is 0.810. The van der Waals surface area contributed by atoms with E-state index in [1.54, 1.807) is 0 Å². The van der Waals surface area contributed by atoms with Gasteiger partial charge in [0, 0.05) is 0 Å². The molecule has 0 aromatic carbocycles. The smallest absolute Gasteiger partial charge is 0.313 e. The molecule has 0 aromatic rings. The molecule has 0 aliphatic heterocycles. The van der Waals surface area contributed by atoms with E-state index in [0.29, 0.717) is 75.1 Å². The van der Waals surface area contributed by atoms with Crippen LogP contribution in [-0.4, -0.2) is 39.6 Å². The number of hydrogen-bond donors (Lipinski definition) is 1. The van der Waals surface area contributed by atoms with Crippen LogP contribution in [0.5, 0.6) is 0 Å². The fourth-order valence-corrected chi connectivity index (χ4v) is 8.72. The lowest BCUT2D eigenvalue weighted by Gasteiger charge is -2.31. The third-order valence-corrected chi connectivity index (χ3v) is 9.35. The van der Waals surface area contributed by atoms with Gasteiger partial charge < -0.3 is 27.1 Å². The van der Waals surface area contributed by atoms with Crippen molar-refractivity contribution in [2.24, 2.45) is 40.0 Å². The summed E-state index contributed by atoms with van der Waals surface area (Å²) in [5, 5.41) is 0. The van der Waals surface area contributed by atoms with Crippen molar-refractivity contribution in [1.29, 1.82) is 0 Å². The summed E-state index contributed by atoms with van der Waals surface area (Å²) in [5.41, 5.74) is 0. The minimum Gasteiger partial charge on any atom is -0.322 e. The highest BCUT2D eigenvalue weighted by atomic mass is 31.3. The SMILES string of the molecule is CC(C)COP(N=P(NP(OCC(C)C)OCC(C)C)(OCC(C)C)OCC(C)C)OCC(C)C. The predicted molar refractivity (Wildman–Crippen MR) is 151 cm³/mol. The summed E-state index contributed by atoms with van der Waals surface area (Å²) in [6, 6.07) is 0. The summed E-state index contributed by atoms with van der Waals surface area (Å²) in [7, 11) is -6.11. The van der Waals surface area contributed by atoms with Gasteiger partial charge in [0.05, 0.1) is 39.6 Å². The standard InChI is InChI=1S/C24H55N2O6P3/c1-19(2)13-27-33(28-14-20(3)4)25-35(31-17-23(9)10,32-18-24(11)12)26-34(29-15-21(5)6)30-16-22(7)8/h19-25H,13-18H2,1-12H3. The second kappa shape index (κ2) is 19.8. The van der Waals surface area contributed by atoms with E-state index in [1.165, 1.54) is 0 Å². The molecule has 0 unspecified atom stereocenters. The highest BCUT2D eigenvalue weighted by molar-refractivity contribution is 7.70. The van der Waals surface area contributed by atoms with E-state index in [2.05, 4.69) is 87.9 Å². The highest BCUT2D eigenvalue weighted by Gasteiger charge is 2.33. The van der Waals surface area contributed by atoms with E-state index >= 15 is 0 Å². The normalized spacial score (nSPS) is 13.3. The molecule has 0 rings (SSSR count). The Morgan fingerprint density at radius 2 is 0.829 bits per heavy atom. The van der Waals surface area contributed by atoms with Gasteiger partial charge in [0.1, 0.15) is 0 Å². The lowest BCUT2D eigenvalue weighted by Crippen LogP contribution is -2.19. The molecule has 212 valence electrons. The Kier molecular flexibility index (Phi) is 20.3. The van der Waals surface area contributed by atoms with Crippen molar-refractivity contribution in [3.8, 4) is 0 Å². The van der Waals surface area contributed by atoms with E-state index in [9.17, 15) is 0 Å². The maximum Gasteiger partial charge on any atom is 0.313 e. The maximum absolute atomic E-state index is 6.45. The second-order valence-corrected chi connectivity index (χ2v) is 16.4. The minimum absolute atomic E-state index is 0.299. The van der Waals surface area contributed by atoms with E-state index in [-0.39, 0.29) is 0 Å². The third kappa shape index (κ3) is 20.4. The molecule has 11 heteroatoms. The molecule has 8 nitrogen and oxygen atoms in total. The largest absolute Gasteiger partial charge is 0.322 e. The number of hydrogen-bond acceptors (Lipinski definition) is 7. The second-order valence-electron chi connectivity index (χ2n) is 11.3. The molecule has 1 N–H and O–H groups in total. The van der Waals surface area contributed by atoms with Crippen LogP contribution >= 0.6 is 24.7 Å². The molecule has 0 spiro atoms. The summed E-state index contributed by atoms with van der Waals surface area (Å²) in [5.74, 6) is 2.03. The van der Waals surface area contributed by atoms with Crippen LogP contribution in [0.25, 0.3) is 0 Å². The third-order valence-electron chi connectivity index (χ3n) is 3.65. The van der Waals surface area contributed by atoms with E-state index in [1.807, 2.05) is 0 Å². The molecule has 0 heterocycles. The molecule has 0 saturated heterocycles. The van der Waals surface area contributed by atoms with Crippen LogP contribution in [0.2, 0.25) is 0 Å². The zero-order chi connectivity index (χ0) is 27.0. The van der Waals surface area contributed by atoms with Gasteiger partial charge in [-0.25, -0.2) is 0 Å². The lowest BCUT2D eigenvalue weighted by molar-refractivity contribution is 0.184. The zero-order valence-electron chi connectivity index (χ0n) is 24.4. The lowest BCUT2D eigenvalue weighted by atomic mass is 10.2. The molecule has 0 radical (unpaired) electrons. The van der Waals surface area contributed by atoms with Crippen molar-refractivity contribution in [3.63, 3.8) is 0 Å². The van der Waals surface area contributed by atoms with Crippen molar-refractivity contribution in [2.75, 3.05) is 39.6 Å². The first-order chi connectivity index (χ1) is 16.2. The van der Waals surface area contributed by atoms with E-state index in [4.69, 9.17) is 31.7 Å².